The topological polar surface area (TPSA) is 56.1 Å². The number of thiophene rings is 1. The van der Waals surface area contributed by atoms with Gasteiger partial charge in [-0.2, -0.15) is 5.26 Å². The molecule has 1 saturated carbocycles. The van der Waals surface area contributed by atoms with Gasteiger partial charge >= 0.3 is 0 Å². The minimum Gasteiger partial charge on any atom is -0.321 e. The third kappa shape index (κ3) is 2.04. The van der Waals surface area contributed by atoms with Crippen molar-refractivity contribution in [2.75, 3.05) is 6.54 Å². The highest BCUT2D eigenvalue weighted by Gasteiger charge is 2.51. The van der Waals surface area contributed by atoms with Crippen molar-refractivity contribution in [1.29, 1.82) is 5.26 Å². The quantitative estimate of drug-likeness (QED) is 0.911. The molecular weight excluding hydrogens is 270 g/mol. The average molecular weight is 289 g/mol. The lowest BCUT2D eigenvalue weighted by Gasteiger charge is -2.31. The number of hydrogen-bond acceptors (Lipinski definition) is 4. The Kier molecular flexibility index (Phi) is 3.53. The fourth-order valence-corrected chi connectivity index (χ4v) is 4.31. The van der Waals surface area contributed by atoms with Crippen molar-refractivity contribution < 1.29 is 4.79 Å². The van der Waals surface area contributed by atoms with Crippen LogP contribution in [-0.4, -0.2) is 22.9 Å². The van der Waals surface area contributed by atoms with Gasteiger partial charge in [-0.1, -0.05) is 19.3 Å². The molecule has 2 fully saturated rings. The summed E-state index contributed by atoms with van der Waals surface area (Å²) in [5.74, 6) is 0.247. The second kappa shape index (κ2) is 5.19. The molecule has 0 unspecified atom stereocenters. The summed E-state index contributed by atoms with van der Waals surface area (Å²) in [4.78, 5) is 15.8. The van der Waals surface area contributed by atoms with E-state index in [4.69, 9.17) is 5.26 Å². The van der Waals surface area contributed by atoms with Crippen molar-refractivity contribution in [2.24, 2.45) is 0 Å². The van der Waals surface area contributed by atoms with Gasteiger partial charge in [0.2, 0.25) is 5.91 Å². The summed E-state index contributed by atoms with van der Waals surface area (Å²) in [6.07, 6.45) is 5.29. The van der Waals surface area contributed by atoms with E-state index in [0.717, 1.165) is 30.6 Å². The molecule has 1 aromatic heterocycles. The molecule has 0 radical (unpaired) electrons. The Morgan fingerprint density at radius 2 is 2.25 bits per heavy atom. The second-order valence-electron chi connectivity index (χ2n) is 5.63. The van der Waals surface area contributed by atoms with Gasteiger partial charge in [0.05, 0.1) is 11.1 Å². The van der Waals surface area contributed by atoms with Crippen LogP contribution in [0.5, 0.6) is 0 Å². The van der Waals surface area contributed by atoms with Crippen LogP contribution >= 0.6 is 11.3 Å². The van der Waals surface area contributed by atoms with Gasteiger partial charge in [-0.05, 0) is 25.8 Å². The molecule has 3 rings (SSSR count). The normalized spacial score (nSPS) is 25.1. The molecule has 1 aromatic rings. The molecule has 1 atom stereocenters. The van der Waals surface area contributed by atoms with E-state index < -0.39 is 0 Å². The summed E-state index contributed by atoms with van der Waals surface area (Å²) in [5.41, 5.74) is 0.329. The highest BCUT2D eigenvalue weighted by Crippen LogP contribution is 2.40. The second-order valence-corrected chi connectivity index (χ2v) is 6.57. The molecule has 2 aliphatic rings. The fraction of sp³-hybridized carbons (Fsp3) is 0.600. The number of likely N-dealkylation sites (N-methyl/N-ethyl adjacent to an activating group) is 1. The maximum Gasteiger partial charge on any atom is 0.244 e. The number of nitrogens with zero attached hydrogens (tertiary/aromatic N) is 2. The Hall–Kier alpha value is -1.38. The summed E-state index contributed by atoms with van der Waals surface area (Å²) in [7, 11) is 0. The van der Waals surface area contributed by atoms with E-state index in [0.29, 0.717) is 12.1 Å². The third-order valence-electron chi connectivity index (χ3n) is 4.46. The first-order chi connectivity index (χ1) is 9.70. The summed E-state index contributed by atoms with van der Waals surface area (Å²) in [5, 5.41) is 14.4. The molecule has 1 aliphatic carbocycles. The summed E-state index contributed by atoms with van der Waals surface area (Å²) in [6.45, 7) is 2.73. The molecule has 1 amide bonds. The molecule has 20 heavy (non-hydrogen) atoms. The minimum atomic E-state index is -0.351. The van der Waals surface area contributed by atoms with Crippen LogP contribution in [0.4, 0.5) is 0 Å². The first-order valence-electron chi connectivity index (χ1n) is 7.27. The van der Waals surface area contributed by atoms with Crippen LogP contribution in [0.2, 0.25) is 0 Å². The maximum atomic E-state index is 12.8. The van der Waals surface area contributed by atoms with E-state index in [1.165, 1.54) is 6.42 Å². The van der Waals surface area contributed by atoms with Crippen LogP contribution in [-0.2, 0) is 4.79 Å². The van der Waals surface area contributed by atoms with Gasteiger partial charge in [0.1, 0.15) is 12.2 Å². The van der Waals surface area contributed by atoms with Crippen molar-refractivity contribution >= 4 is 17.2 Å². The molecule has 4 nitrogen and oxygen atoms in total. The van der Waals surface area contributed by atoms with E-state index in [9.17, 15) is 4.79 Å². The van der Waals surface area contributed by atoms with Gasteiger partial charge in [0.25, 0.3) is 0 Å². The van der Waals surface area contributed by atoms with Crippen molar-refractivity contribution in [2.45, 2.75) is 50.7 Å². The number of carbonyl (C=O) groups excluding carboxylic acids is 1. The first kappa shape index (κ1) is 13.6. The van der Waals surface area contributed by atoms with E-state index in [1.807, 2.05) is 23.3 Å². The highest BCUT2D eigenvalue weighted by molar-refractivity contribution is 7.10. The zero-order valence-electron chi connectivity index (χ0n) is 11.7. The van der Waals surface area contributed by atoms with Gasteiger partial charge < -0.3 is 4.90 Å². The largest absolute Gasteiger partial charge is 0.321 e. The number of nitrogens with one attached hydrogen (secondary N) is 1. The Bertz CT molecular complexity index is 554. The lowest BCUT2D eigenvalue weighted by atomic mass is 9.82. The Morgan fingerprint density at radius 3 is 2.85 bits per heavy atom. The molecule has 106 valence electrons. The molecular formula is C15H19N3OS. The highest BCUT2D eigenvalue weighted by atomic mass is 32.1. The smallest absolute Gasteiger partial charge is 0.244 e. The zero-order valence-corrected chi connectivity index (χ0v) is 12.5. The lowest BCUT2D eigenvalue weighted by molar-refractivity contribution is -0.134. The number of hydrogen-bond donors (Lipinski definition) is 1. The van der Waals surface area contributed by atoms with Gasteiger partial charge in [-0.25, -0.2) is 0 Å². The van der Waals surface area contributed by atoms with Crippen molar-refractivity contribution in [3.05, 3.63) is 21.9 Å². The average Bonchev–Trinajstić information content (AvgIpc) is 3.05. The van der Waals surface area contributed by atoms with Gasteiger partial charge in [0, 0.05) is 16.8 Å². The van der Waals surface area contributed by atoms with Crippen LogP contribution in [0.25, 0.3) is 0 Å². The Balaban J connectivity index is 1.91. The molecule has 1 aliphatic heterocycles. The van der Waals surface area contributed by atoms with E-state index in [-0.39, 0.29) is 17.6 Å². The van der Waals surface area contributed by atoms with Crippen molar-refractivity contribution in [3.63, 3.8) is 0 Å². The van der Waals surface area contributed by atoms with Crippen molar-refractivity contribution in [1.82, 2.24) is 10.2 Å². The van der Waals surface area contributed by atoms with Gasteiger partial charge in [0.15, 0.2) is 0 Å². The minimum absolute atomic E-state index is 0.0577. The molecule has 1 spiro atoms. The maximum absolute atomic E-state index is 12.8. The van der Waals surface area contributed by atoms with Crippen LogP contribution in [0.15, 0.2) is 11.4 Å². The summed E-state index contributed by atoms with van der Waals surface area (Å²) < 4.78 is 0. The summed E-state index contributed by atoms with van der Waals surface area (Å²) >= 11 is 1.56. The third-order valence-corrected chi connectivity index (χ3v) is 5.45. The lowest BCUT2D eigenvalue weighted by Crippen LogP contribution is -2.48. The zero-order chi connectivity index (χ0) is 14.2. The summed E-state index contributed by atoms with van der Waals surface area (Å²) in [6, 6.07) is 4.07. The number of amides is 1. The molecule has 0 bridgehead atoms. The molecule has 1 saturated heterocycles. The SMILES string of the molecule is CCN1C(=O)C2(CCCCC2)N[C@H]1c1cc(C#N)cs1. The van der Waals surface area contributed by atoms with E-state index >= 15 is 0 Å². The molecule has 5 heteroatoms. The standard InChI is InChI=1S/C15H19N3OS/c1-2-18-13(12-8-11(9-16)10-20-12)17-15(14(18)19)6-4-3-5-7-15/h8,10,13,17H,2-7H2,1H3/t13-/m1/s1. The molecule has 0 aromatic carbocycles. The van der Waals surface area contributed by atoms with Gasteiger partial charge in [-0.3, -0.25) is 10.1 Å². The predicted molar refractivity (Wildman–Crippen MR) is 78.1 cm³/mol. The molecule has 1 N–H and O–H groups in total. The van der Waals surface area contributed by atoms with Gasteiger partial charge in [-0.15, -0.1) is 11.3 Å². The van der Waals surface area contributed by atoms with E-state index in [1.54, 1.807) is 11.3 Å². The first-order valence-corrected chi connectivity index (χ1v) is 8.15. The van der Waals surface area contributed by atoms with Crippen LogP contribution in [0.3, 0.4) is 0 Å². The van der Waals surface area contributed by atoms with Crippen LogP contribution in [0, 0.1) is 11.3 Å². The van der Waals surface area contributed by atoms with Crippen LogP contribution in [0.1, 0.15) is 55.6 Å². The monoisotopic (exact) mass is 289 g/mol. The fourth-order valence-electron chi connectivity index (χ4n) is 3.41. The number of carbonyl (C=O) groups is 1. The van der Waals surface area contributed by atoms with E-state index in [2.05, 4.69) is 11.4 Å². The van der Waals surface area contributed by atoms with Crippen LogP contribution < -0.4 is 5.32 Å². The Labute approximate surface area is 123 Å². The molecule has 2 heterocycles. The Morgan fingerprint density at radius 1 is 1.50 bits per heavy atom. The van der Waals surface area contributed by atoms with Crippen molar-refractivity contribution in [3.8, 4) is 6.07 Å². The number of nitriles is 1. The predicted octanol–water partition coefficient (Wildman–Crippen LogP) is 2.77. The number of rotatable bonds is 2.